The maximum atomic E-state index is 12.4. The molecule has 1 amide bonds. The maximum Gasteiger partial charge on any atom is 0.243 e. The van der Waals surface area contributed by atoms with Gasteiger partial charge in [-0.05, 0) is 30.0 Å². The number of amides is 1. The lowest BCUT2D eigenvalue weighted by atomic mass is 10.1. The van der Waals surface area contributed by atoms with Crippen molar-refractivity contribution >= 4 is 28.1 Å². The fourth-order valence-electron chi connectivity index (χ4n) is 3.14. The zero-order chi connectivity index (χ0) is 19.6. The second kappa shape index (κ2) is 10.4. The molecule has 4 heteroatoms. The van der Waals surface area contributed by atoms with Gasteiger partial charge in [0, 0.05) is 22.8 Å². The lowest BCUT2D eigenvalue weighted by Gasteiger charge is -2.11. The van der Waals surface area contributed by atoms with Gasteiger partial charge in [-0.15, -0.1) is 0 Å². The van der Waals surface area contributed by atoms with Crippen LogP contribution >= 0.6 is 0 Å². The monoisotopic (exact) mass is 376 g/mol. The third-order valence-electron chi connectivity index (χ3n) is 4.61. The molecule has 0 aliphatic heterocycles. The van der Waals surface area contributed by atoms with Crippen LogP contribution in [0.4, 0.5) is 11.4 Å². The average Bonchev–Trinajstić information content (AvgIpc) is 2.72. The molecule has 2 N–H and O–H groups in total. The first-order chi connectivity index (χ1) is 13.8. The Morgan fingerprint density at radius 1 is 0.929 bits per heavy atom. The second-order valence-corrected chi connectivity index (χ2v) is 6.87. The number of fused-ring (bicyclic) bond motifs is 1. The van der Waals surface area contributed by atoms with Crippen LogP contribution < -0.4 is 15.4 Å². The Kier molecular flexibility index (Phi) is 7.30. The molecule has 0 atom stereocenters. The summed E-state index contributed by atoms with van der Waals surface area (Å²) in [5.74, 6) is 0.698. The molecule has 4 nitrogen and oxygen atoms in total. The van der Waals surface area contributed by atoms with Crippen molar-refractivity contribution < 1.29 is 9.53 Å². The van der Waals surface area contributed by atoms with Gasteiger partial charge >= 0.3 is 0 Å². The first-order valence-electron chi connectivity index (χ1n) is 10.0. The Labute approximate surface area is 166 Å². The zero-order valence-corrected chi connectivity index (χ0v) is 16.4. The van der Waals surface area contributed by atoms with Gasteiger partial charge in [-0.2, -0.15) is 0 Å². The van der Waals surface area contributed by atoms with E-state index >= 15 is 0 Å². The van der Waals surface area contributed by atoms with Crippen LogP contribution in [-0.4, -0.2) is 19.1 Å². The smallest absolute Gasteiger partial charge is 0.243 e. The minimum atomic E-state index is -0.0898. The fourth-order valence-corrected chi connectivity index (χ4v) is 3.14. The van der Waals surface area contributed by atoms with Crippen LogP contribution in [0.15, 0.2) is 66.7 Å². The topological polar surface area (TPSA) is 50.4 Å². The van der Waals surface area contributed by atoms with Crippen LogP contribution in [0.1, 0.15) is 32.6 Å². The van der Waals surface area contributed by atoms with Crippen LogP contribution in [0, 0.1) is 0 Å². The van der Waals surface area contributed by atoms with Crippen molar-refractivity contribution in [3.63, 3.8) is 0 Å². The van der Waals surface area contributed by atoms with E-state index in [0.29, 0.717) is 6.61 Å². The van der Waals surface area contributed by atoms with E-state index in [9.17, 15) is 4.79 Å². The van der Waals surface area contributed by atoms with Gasteiger partial charge in [0.15, 0.2) is 0 Å². The minimum absolute atomic E-state index is 0.0898. The summed E-state index contributed by atoms with van der Waals surface area (Å²) in [5.41, 5.74) is 1.70. The number of carbonyl (C=O) groups is 1. The standard InChI is InChI=1S/C24H28N2O2/c1-2-3-4-7-16-28-21-13-9-12-20(17-21)26-24(27)18-25-23-15-8-11-19-10-5-6-14-22(19)23/h5-6,8-15,17,25H,2-4,7,16,18H2,1H3,(H,26,27). The van der Waals surface area contributed by atoms with Crippen molar-refractivity contribution in [3.8, 4) is 5.75 Å². The van der Waals surface area contributed by atoms with Gasteiger partial charge in [0.1, 0.15) is 5.75 Å². The molecule has 0 heterocycles. The molecule has 3 aromatic carbocycles. The summed E-state index contributed by atoms with van der Waals surface area (Å²) in [7, 11) is 0. The number of hydrogen-bond acceptors (Lipinski definition) is 3. The molecule has 0 saturated heterocycles. The van der Waals surface area contributed by atoms with E-state index < -0.39 is 0 Å². The molecule has 0 spiro atoms. The highest BCUT2D eigenvalue weighted by molar-refractivity contribution is 5.98. The Morgan fingerprint density at radius 3 is 2.64 bits per heavy atom. The van der Waals surface area contributed by atoms with Crippen molar-refractivity contribution in [2.75, 3.05) is 23.8 Å². The highest BCUT2D eigenvalue weighted by Gasteiger charge is 2.05. The summed E-state index contributed by atoms with van der Waals surface area (Å²) in [6.45, 7) is 3.11. The molecule has 0 saturated carbocycles. The van der Waals surface area contributed by atoms with Gasteiger partial charge in [0.25, 0.3) is 0 Å². The van der Waals surface area contributed by atoms with Gasteiger partial charge in [-0.25, -0.2) is 0 Å². The number of unbranched alkanes of at least 4 members (excludes halogenated alkanes) is 3. The van der Waals surface area contributed by atoms with Crippen molar-refractivity contribution in [2.24, 2.45) is 0 Å². The molecule has 0 aliphatic carbocycles. The normalized spacial score (nSPS) is 10.6. The van der Waals surface area contributed by atoms with Gasteiger partial charge in [0.2, 0.25) is 5.91 Å². The van der Waals surface area contributed by atoms with Crippen LogP contribution in [-0.2, 0) is 4.79 Å². The van der Waals surface area contributed by atoms with Crippen LogP contribution in [0.25, 0.3) is 10.8 Å². The summed E-state index contributed by atoms with van der Waals surface area (Å²) in [6, 6.07) is 21.7. The van der Waals surface area contributed by atoms with Crippen molar-refractivity contribution in [3.05, 3.63) is 66.7 Å². The third-order valence-corrected chi connectivity index (χ3v) is 4.61. The van der Waals surface area contributed by atoms with Gasteiger partial charge in [0.05, 0.1) is 13.2 Å². The minimum Gasteiger partial charge on any atom is -0.494 e. The van der Waals surface area contributed by atoms with Crippen molar-refractivity contribution in [1.29, 1.82) is 0 Å². The van der Waals surface area contributed by atoms with E-state index in [4.69, 9.17) is 4.74 Å². The highest BCUT2D eigenvalue weighted by Crippen LogP contribution is 2.23. The predicted molar refractivity (Wildman–Crippen MR) is 117 cm³/mol. The lowest BCUT2D eigenvalue weighted by molar-refractivity contribution is -0.114. The number of rotatable bonds is 10. The molecule has 0 fully saturated rings. The third kappa shape index (κ3) is 5.74. The van der Waals surface area contributed by atoms with E-state index in [1.807, 2.05) is 48.5 Å². The van der Waals surface area contributed by atoms with E-state index in [2.05, 4.69) is 35.8 Å². The number of benzene rings is 3. The molecule has 3 aromatic rings. The van der Waals surface area contributed by atoms with Gasteiger partial charge < -0.3 is 15.4 Å². The lowest BCUT2D eigenvalue weighted by Crippen LogP contribution is -2.21. The van der Waals surface area contributed by atoms with Gasteiger partial charge in [-0.1, -0.05) is 68.7 Å². The summed E-state index contributed by atoms with van der Waals surface area (Å²) in [5, 5.41) is 8.42. The number of hydrogen-bond donors (Lipinski definition) is 2. The van der Waals surface area contributed by atoms with E-state index in [-0.39, 0.29) is 12.5 Å². The van der Waals surface area contributed by atoms with Crippen molar-refractivity contribution in [2.45, 2.75) is 32.6 Å². The molecule has 0 radical (unpaired) electrons. The molecular weight excluding hydrogens is 348 g/mol. The molecule has 0 bridgehead atoms. The molecule has 146 valence electrons. The predicted octanol–water partition coefficient (Wildman–Crippen LogP) is 5.85. The van der Waals surface area contributed by atoms with E-state index in [0.717, 1.165) is 34.3 Å². The van der Waals surface area contributed by atoms with Crippen LogP contribution in [0.5, 0.6) is 5.75 Å². The summed E-state index contributed by atoms with van der Waals surface area (Å²) < 4.78 is 5.79. The van der Waals surface area contributed by atoms with Gasteiger partial charge in [-0.3, -0.25) is 4.79 Å². The largest absolute Gasteiger partial charge is 0.494 e. The average molecular weight is 377 g/mol. The SMILES string of the molecule is CCCCCCOc1cccc(NC(=O)CNc2cccc3ccccc23)c1. The summed E-state index contributed by atoms with van der Waals surface area (Å²) in [4.78, 5) is 12.4. The Morgan fingerprint density at radius 2 is 1.75 bits per heavy atom. The molecular formula is C24H28N2O2. The fraction of sp³-hybridized carbons (Fsp3) is 0.292. The van der Waals surface area contributed by atoms with Crippen LogP contribution in [0.3, 0.4) is 0 Å². The number of ether oxygens (including phenoxy) is 1. The zero-order valence-electron chi connectivity index (χ0n) is 16.4. The Hall–Kier alpha value is -3.01. The van der Waals surface area contributed by atoms with E-state index in [1.54, 1.807) is 0 Å². The maximum absolute atomic E-state index is 12.4. The molecule has 0 aromatic heterocycles. The second-order valence-electron chi connectivity index (χ2n) is 6.87. The Bertz CT molecular complexity index is 903. The molecule has 3 rings (SSSR count). The summed E-state index contributed by atoms with van der Waals surface area (Å²) >= 11 is 0. The summed E-state index contributed by atoms with van der Waals surface area (Å²) in [6.07, 6.45) is 4.70. The molecule has 0 unspecified atom stereocenters. The molecule has 0 aliphatic rings. The van der Waals surface area contributed by atoms with Crippen LogP contribution in [0.2, 0.25) is 0 Å². The Balaban J connectivity index is 1.51. The molecule has 28 heavy (non-hydrogen) atoms. The number of carbonyl (C=O) groups excluding carboxylic acids is 1. The number of anilines is 2. The van der Waals surface area contributed by atoms with Crippen molar-refractivity contribution in [1.82, 2.24) is 0 Å². The quantitative estimate of drug-likeness (QED) is 0.436. The highest BCUT2D eigenvalue weighted by atomic mass is 16.5. The van der Waals surface area contributed by atoms with E-state index in [1.165, 1.54) is 19.3 Å². The first kappa shape index (κ1) is 19.7. The first-order valence-corrected chi connectivity index (χ1v) is 10.0. The number of nitrogens with one attached hydrogen (secondary N) is 2.